The fraction of sp³-hybridized carbons (Fsp3) is 0.0714. The topological polar surface area (TPSA) is 38.3 Å². The van der Waals surface area contributed by atoms with E-state index in [1.54, 1.807) is 18.2 Å². The van der Waals surface area contributed by atoms with Gasteiger partial charge in [0.1, 0.15) is 5.75 Å². The van der Waals surface area contributed by atoms with Crippen molar-refractivity contribution in [1.82, 2.24) is 0 Å². The van der Waals surface area contributed by atoms with Crippen LogP contribution in [-0.2, 0) is 0 Å². The average molecular weight is 407 g/mol. The van der Waals surface area contributed by atoms with E-state index in [0.29, 0.717) is 11.3 Å². The molecule has 0 aliphatic heterocycles. The lowest BCUT2D eigenvalue weighted by Crippen LogP contribution is -2.17. The maximum Gasteiger partial charge on any atom is 0.573 e. The van der Waals surface area contributed by atoms with Gasteiger partial charge in [-0.1, -0.05) is 12.1 Å². The van der Waals surface area contributed by atoms with Crippen molar-refractivity contribution in [3.05, 3.63) is 57.7 Å². The molecule has 0 unspecified atom stereocenters. The largest absolute Gasteiger partial charge is 0.573 e. The van der Waals surface area contributed by atoms with Crippen LogP contribution in [0.5, 0.6) is 5.75 Å². The first-order chi connectivity index (χ1) is 9.85. The van der Waals surface area contributed by atoms with Crippen LogP contribution in [0.25, 0.3) is 0 Å². The molecule has 0 saturated carbocycles. The van der Waals surface area contributed by atoms with E-state index in [4.69, 9.17) is 0 Å². The van der Waals surface area contributed by atoms with Crippen LogP contribution in [0, 0.1) is 3.57 Å². The highest BCUT2D eigenvalue weighted by Gasteiger charge is 2.30. The third-order valence-electron chi connectivity index (χ3n) is 2.46. The second kappa shape index (κ2) is 6.33. The van der Waals surface area contributed by atoms with Gasteiger partial charge in [0, 0.05) is 9.26 Å². The van der Waals surface area contributed by atoms with Crippen molar-refractivity contribution in [2.75, 3.05) is 5.32 Å². The lowest BCUT2D eigenvalue weighted by molar-refractivity contribution is -0.274. The molecule has 0 heterocycles. The van der Waals surface area contributed by atoms with Gasteiger partial charge < -0.3 is 10.1 Å². The maximum atomic E-state index is 12.0. The maximum absolute atomic E-state index is 12.0. The highest BCUT2D eigenvalue weighted by molar-refractivity contribution is 14.1. The van der Waals surface area contributed by atoms with E-state index >= 15 is 0 Å². The molecule has 110 valence electrons. The summed E-state index contributed by atoms with van der Waals surface area (Å²) in [6.07, 6.45) is -4.73. The minimum atomic E-state index is -4.73. The Kier molecular flexibility index (Phi) is 4.71. The molecule has 1 amide bonds. The van der Waals surface area contributed by atoms with Gasteiger partial charge in [-0.05, 0) is 59.0 Å². The van der Waals surface area contributed by atoms with Crippen LogP contribution >= 0.6 is 22.6 Å². The van der Waals surface area contributed by atoms with Crippen molar-refractivity contribution >= 4 is 34.2 Å². The van der Waals surface area contributed by atoms with Crippen molar-refractivity contribution in [2.24, 2.45) is 0 Å². The normalized spacial score (nSPS) is 11.0. The number of carbonyl (C=O) groups excluding carboxylic acids is 1. The standard InChI is InChI=1S/C14H9F3INO2/c15-14(16,17)21-10-7-5-9(6-8-10)19-13(20)11-3-1-2-4-12(11)18/h1-8H,(H,19,20). The summed E-state index contributed by atoms with van der Waals surface area (Å²) in [7, 11) is 0. The predicted molar refractivity (Wildman–Crippen MR) is 80.2 cm³/mol. The molecular weight excluding hydrogens is 398 g/mol. The van der Waals surface area contributed by atoms with Crippen LogP contribution in [0.1, 0.15) is 10.4 Å². The molecule has 0 aliphatic rings. The van der Waals surface area contributed by atoms with E-state index in [1.807, 2.05) is 28.7 Å². The van der Waals surface area contributed by atoms with Gasteiger partial charge in [0.25, 0.3) is 5.91 Å². The third kappa shape index (κ3) is 4.62. The van der Waals surface area contributed by atoms with Gasteiger partial charge in [-0.15, -0.1) is 13.2 Å². The van der Waals surface area contributed by atoms with E-state index in [0.717, 1.165) is 15.7 Å². The first-order valence-corrected chi connectivity index (χ1v) is 6.85. The monoisotopic (exact) mass is 407 g/mol. The lowest BCUT2D eigenvalue weighted by atomic mass is 10.2. The molecule has 0 aliphatic carbocycles. The van der Waals surface area contributed by atoms with Gasteiger partial charge in [0.2, 0.25) is 0 Å². The van der Waals surface area contributed by atoms with Crippen molar-refractivity contribution in [3.63, 3.8) is 0 Å². The van der Waals surface area contributed by atoms with E-state index in [1.165, 1.54) is 12.1 Å². The molecular formula is C14H9F3INO2. The summed E-state index contributed by atoms with van der Waals surface area (Å²) in [6.45, 7) is 0. The molecule has 0 atom stereocenters. The van der Waals surface area contributed by atoms with E-state index < -0.39 is 6.36 Å². The first-order valence-electron chi connectivity index (χ1n) is 5.77. The molecule has 21 heavy (non-hydrogen) atoms. The SMILES string of the molecule is O=C(Nc1ccc(OC(F)(F)F)cc1)c1ccccc1I. The van der Waals surface area contributed by atoms with E-state index in [-0.39, 0.29) is 11.7 Å². The Hall–Kier alpha value is -1.77. The quantitative estimate of drug-likeness (QED) is 0.765. The number of nitrogens with one attached hydrogen (secondary N) is 1. The van der Waals surface area contributed by atoms with Crippen molar-refractivity contribution < 1.29 is 22.7 Å². The number of rotatable bonds is 3. The second-order valence-corrected chi connectivity index (χ2v) is 5.17. The molecule has 0 radical (unpaired) electrons. The number of alkyl halides is 3. The lowest BCUT2D eigenvalue weighted by Gasteiger charge is -2.10. The van der Waals surface area contributed by atoms with Crippen LogP contribution in [0.2, 0.25) is 0 Å². The highest BCUT2D eigenvalue weighted by atomic mass is 127. The zero-order valence-electron chi connectivity index (χ0n) is 10.4. The molecule has 0 spiro atoms. The van der Waals surface area contributed by atoms with Crippen molar-refractivity contribution in [3.8, 4) is 5.75 Å². The third-order valence-corrected chi connectivity index (χ3v) is 3.40. The fourth-order valence-corrected chi connectivity index (χ4v) is 2.22. The number of halogens is 4. The van der Waals surface area contributed by atoms with Gasteiger partial charge in [-0.3, -0.25) is 4.79 Å². The van der Waals surface area contributed by atoms with Gasteiger partial charge in [0.15, 0.2) is 0 Å². The van der Waals surface area contributed by atoms with Gasteiger partial charge in [-0.25, -0.2) is 0 Å². The smallest absolute Gasteiger partial charge is 0.406 e. The molecule has 1 N–H and O–H groups in total. The molecule has 0 aromatic heterocycles. The Bertz CT molecular complexity index is 641. The number of hydrogen-bond donors (Lipinski definition) is 1. The summed E-state index contributed by atoms with van der Waals surface area (Å²) < 4.78 is 40.6. The summed E-state index contributed by atoms with van der Waals surface area (Å²) in [6, 6.07) is 12.0. The average Bonchev–Trinajstić information content (AvgIpc) is 2.40. The molecule has 2 rings (SSSR count). The van der Waals surface area contributed by atoms with Crippen molar-refractivity contribution in [1.29, 1.82) is 0 Å². The molecule has 3 nitrogen and oxygen atoms in total. The van der Waals surface area contributed by atoms with Crippen LogP contribution in [0.3, 0.4) is 0 Å². The van der Waals surface area contributed by atoms with Gasteiger partial charge >= 0.3 is 6.36 Å². The molecule has 0 fully saturated rings. The van der Waals surface area contributed by atoms with Crippen LogP contribution in [0.4, 0.5) is 18.9 Å². The predicted octanol–water partition coefficient (Wildman–Crippen LogP) is 4.44. The van der Waals surface area contributed by atoms with E-state index in [2.05, 4.69) is 10.1 Å². The minimum absolute atomic E-state index is 0.329. The first kappa shape index (κ1) is 15.6. The van der Waals surface area contributed by atoms with Gasteiger partial charge in [-0.2, -0.15) is 0 Å². The number of amides is 1. The number of anilines is 1. The Morgan fingerprint density at radius 1 is 1.05 bits per heavy atom. The number of ether oxygens (including phenoxy) is 1. The minimum Gasteiger partial charge on any atom is -0.406 e. The summed E-state index contributed by atoms with van der Waals surface area (Å²) >= 11 is 2.03. The number of hydrogen-bond acceptors (Lipinski definition) is 2. The Balaban J connectivity index is 2.07. The van der Waals surface area contributed by atoms with Crippen LogP contribution in [-0.4, -0.2) is 12.3 Å². The Labute approximate surface area is 132 Å². The molecule has 2 aromatic rings. The molecule has 2 aromatic carbocycles. The summed E-state index contributed by atoms with van der Waals surface area (Å²) in [5, 5.41) is 2.61. The number of benzene rings is 2. The molecule has 7 heteroatoms. The van der Waals surface area contributed by atoms with E-state index in [9.17, 15) is 18.0 Å². The zero-order chi connectivity index (χ0) is 15.5. The summed E-state index contributed by atoms with van der Waals surface area (Å²) in [5.74, 6) is -0.667. The molecule has 0 saturated heterocycles. The Morgan fingerprint density at radius 2 is 1.67 bits per heavy atom. The highest BCUT2D eigenvalue weighted by Crippen LogP contribution is 2.24. The zero-order valence-corrected chi connectivity index (χ0v) is 12.6. The number of carbonyl (C=O) groups is 1. The summed E-state index contributed by atoms with van der Waals surface area (Å²) in [4.78, 5) is 12.0. The van der Waals surface area contributed by atoms with Crippen molar-refractivity contribution in [2.45, 2.75) is 6.36 Å². The van der Waals surface area contributed by atoms with Gasteiger partial charge in [0.05, 0.1) is 5.56 Å². The second-order valence-electron chi connectivity index (χ2n) is 4.01. The fourth-order valence-electron chi connectivity index (χ4n) is 1.58. The Morgan fingerprint density at radius 3 is 2.24 bits per heavy atom. The summed E-state index contributed by atoms with van der Waals surface area (Å²) in [5.41, 5.74) is 0.878. The van der Waals surface area contributed by atoms with Crippen LogP contribution in [0.15, 0.2) is 48.5 Å². The molecule has 0 bridgehead atoms. The van der Waals surface area contributed by atoms with Crippen LogP contribution < -0.4 is 10.1 Å².